The first-order chi connectivity index (χ1) is 10.5. The van der Waals surface area contributed by atoms with Gasteiger partial charge in [-0.15, -0.1) is 0 Å². The van der Waals surface area contributed by atoms with Gasteiger partial charge in [-0.1, -0.05) is 6.08 Å². The molecule has 22 heavy (non-hydrogen) atoms. The lowest BCUT2D eigenvalue weighted by Gasteiger charge is -2.32. The number of nitrogens with zero attached hydrogens (tertiary/aromatic N) is 2. The molecule has 1 aromatic heterocycles. The third-order valence-electron chi connectivity index (χ3n) is 4.47. The normalized spacial score (nSPS) is 24.5. The van der Waals surface area contributed by atoms with E-state index in [4.69, 9.17) is 0 Å². The fourth-order valence-electron chi connectivity index (χ4n) is 3.22. The lowest BCUT2D eigenvalue weighted by atomic mass is 9.90. The van der Waals surface area contributed by atoms with Gasteiger partial charge in [-0.2, -0.15) is 0 Å². The van der Waals surface area contributed by atoms with Gasteiger partial charge in [0.15, 0.2) is 9.84 Å². The molecule has 0 radical (unpaired) electrons. The van der Waals surface area contributed by atoms with Crippen molar-refractivity contribution in [2.45, 2.75) is 25.2 Å². The number of carbonyl (C=O) groups excluding carboxylic acids is 1. The van der Waals surface area contributed by atoms with E-state index in [2.05, 4.69) is 4.98 Å². The first-order valence-electron chi connectivity index (χ1n) is 7.62. The minimum atomic E-state index is -3.07. The molecule has 0 unspecified atom stereocenters. The molecule has 1 amide bonds. The van der Waals surface area contributed by atoms with Crippen molar-refractivity contribution in [3.63, 3.8) is 0 Å². The van der Waals surface area contributed by atoms with E-state index < -0.39 is 9.84 Å². The summed E-state index contributed by atoms with van der Waals surface area (Å²) in [6, 6.07) is 4.08. The zero-order chi connectivity index (χ0) is 15.6. The van der Waals surface area contributed by atoms with Gasteiger partial charge in [0.1, 0.15) is 0 Å². The molecule has 0 aliphatic carbocycles. The van der Waals surface area contributed by atoms with Gasteiger partial charge in [0.2, 0.25) is 5.91 Å². The molecule has 1 atom stereocenters. The topological polar surface area (TPSA) is 67.3 Å². The van der Waals surface area contributed by atoms with Gasteiger partial charge in [0.25, 0.3) is 0 Å². The molecule has 0 N–H and O–H groups in total. The Bertz CT molecular complexity index is 662. The van der Waals surface area contributed by atoms with Crippen LogP contribution in [-0.4, -0.2) is 43.1 Å². The minimum absolute atomic E-state index is 0.0694. The van der Waals surface area contributed by atoms with Crippen LogP contribution in [-0.2, 0) is 14.6 Å². The Morgan fingerprint density at radius 3 is 2.50 bits per heavy atom. The lowest BCUT2D eigenvalue weighted by molar-refractivity contribution is -0.132. The van der Waals surface area contributed by atoms with Crippen LogP contribution in [0.1, 0.15) is 30.7 Å². The molecule has 1 fully saturated rings. The van der Waals surface area contributed by atoms with Crippen LogP contribution in [0.4, 0.5) is 0 Å². The first-order valence-corrected chi connectivity index (χ1v) is 9.34. The second-order valence-electron chi connectivity index (χ2n) is 6.06. The smallest absolute Gasteiger partial charge is 0.223 e. The van der Waals surface area contributed by atoms with Crippen molar-refractivity contribution in [3.8, 4) is 0 Å². The van der Waals surface area contributed by atoms with E-state index in [0.29, 0.717) is 12.3 Å². The SMILES string of the molecule is O=C(C[C@H]1C=CS(=O)(=O)C1)N1CCC(c2ccncc2)CC1. The molecule has 2 aliphatic rings. The van der Waals surface area contributed by atoms with Crippen LogP contribution in [0.15, 0.2) is 36.0 Å². The minimum Gasteiger partial charge on any atom is -0.343 e. The highest BCUT2D eigenvalue weighted by Crippen LogP contribution is 2.28. The number of aromatic nitrogens is 1. The van der Waals surface area contributed by atoms with Gasteiger partial charge < -0.3 is 4.90 Å². The maximum Gasteiger partial charge on any atom is 0.223 e. The van der Waals surface area contributed by atoms with Crippen molar-refractivity contribution in [2.24, 2.45) is 5.92 Å². The number of hydrogen-bond acceptors (Lipinski definition) is 4. The molecule has 2 aliphatic heterocycles. The molecule has 6 heteroatoms. The molecule has 0 spiro atoms. The van der Waals surface area contributed by atoms with Crippen LogP contribution in [0.25, 0.3) is 0 Å². The van der Waals surface area contributed by atoms with E-state index >= 15 is 0 Å². The molecule has 1 aromatic rings. The fourth-order valence-corrected chi connectivity index (χ4v) is 4.62. The molecule has 3 heterocycles. The van der Waals surface area contributed by atoms with Gasteiger partial charge in [-0.3, -0.25) is 9.78 Å². The summed E-state index contributed by atoms with van der Waals surface area (Å²) < 4.78 is 22.8. The van der Waals surface area contributed by atoms with Gasteiger partial charge in [0.05, 0.1) is 5.75 Å². The summed E-state index contributed by atoms with van der Waals surface area (Å²) in [4.78, 5) is 18.2. The largest absolute Gasteiger partial charge is 0.343 e. The van der Waals surface area contributed by atoms with Crippen molar-refractivity contribution in [2.75, 3.05) is 18.8 Å². The number of rotatable bonds is 3. The zero-order valence-corrected chi connectivity index (χ0v) is 13.2. The van der Waals surface area contributed by atoms with Crippen LogP contribution in [0.5, 0.6) is 0 Å². The summed E-state index contributed by atoms with van der Waals surface area (Å²) in [7, 11) is -3.07. The molecule has 0 saturated carbocycles. The van der Waals surface area contributed by atoms with Gasteiger partial charge in [-0.05, 0) is 36.5 Å². The predicted molar refractivity (Wildman–Crippen MR) is 83.8 cm³/mol. The maximum absolute atomic E-state index is 12.3. The van der Waals surface area contributed by atoms with E-state index in [1.807, 2.05) is 17.0 Å². The second kappa shape index (κ2) is 6.20. The van der Waals surface area contributed by atoms with Crippen molar-refractivity contribution in [1.82, 2.24) is 9.88 Å². The Labute approximate surface area is 131 Å². The van der Waals surface area contributed by atoms with Gasteiger partial charge in [0, 0.05) is 43.2 Å². The Hall–Kier alpha value is -1.69. The Balaban J connectivity index is 1.51. The highest BCUT2D eigenvalue weighted by Gasteiger charge is 2.28. The van der Waals surface area contributed by atoms with Crippen LogP contribution < -0.4 is 0 Å². The maximum atomic E-state index is 12.3. The quantitative estimate of drug-likeness (QED) is 0.851. The van der Waals surface area contributed by atoms with Crippen LogP contribution in [0, 0.1) is 5.92 Å². The molecule has 5 nitrogen and oxygen atoms in total. The fraction of sp³-hybridized carbons (Fsp3) is 0.500. The summed E-state index contributed by atoms with van der Waals surface area (Å²) in [5, 5.41) is 1.24. The second-order valence-corrected chi connectivity index (χ2v) is 7.99. The molecule has 1 saturated heterocycles. The average Bonchev–Trinajstić information content (AvgIpc) is 2.87. The highest BCUT2D eigenvalue weighted by molar-refractivity contribution is 7.94. The van der Waals surface area contributed by atoms with E-state index in [0.717, 1.165) is 25.9 Å². The molecule has 0 aromatic carbocycles. The number of pyridine rings is 1. The van der Waals surface area contributed by atoms with Crippen molar-refractivity contribution >= 4 is 15.7 Å². The summed E-state index contributed by atoms with van der Waals surface area (Å²) in [5.41, 5.74) is 1.28. The number of sulfone groups is 1. The van der Waals surface area contributed by atoms with E-state index in [-0.39, 0.29) is 17.6 Å². The van der Waals surface area contributed by atoms with E-state index in [1.165, 1.54) is 11.0 Å². The summed E-state index contributed by atoms with van der Waals surface area (Å²) >= 11 is 0. The molecular formula is C16H20N2O3S. The van der Waals surface area contributed by atoms with Crippen LogP contribution >= 0.6 is 0 Å². The highest BCUT2D eigenvalue weighted by atomic mass is 32.2. The zero-order valence-electron chi connectivity index (χ0n) is 12.4. The Morgan fingerprint density at radius 1 is 1.23 bits per heavy atom. The van der Waals surface area contributed by atoms with Crippen molar-refractivity contribution < 1.29 is 13.2 Å². The van der Waals surface area contributed by atoms with E-state index in [9.17, 15) is 13.2 Å². The molecule has 118 valence electrons. The number of carbonyl (C=O) groups is 1. The van der Waals surface area contributed by atoms with Crippen molar-refractivity contribution in [1.29, 1.82) is 0 Å². The van der Waals surface area contributed by atoms with Crippen LogP contribution in [0.2, 0.25) is 0 Å². The van der Waals surface area contributed by atoms with Gasteiger partial charge in [-0.25, -0.2) is 8.42 Å². The standard InChI is InChI=1S/C16H20N2O3S/c19-16(11-13-5-10-22(20,21)12-13)18-8-3-15(4-9-18)14-1-6-17-7-2-14/h1-2,5-7,10,13,15H,3-4,8-9,11-12H2/t13-/m1/s1. The number of likely N-dealkylation sites (tertiary alicyclic amines) is 1. The van der Waals surface area contributed by atoms with Crippen LogP contribution in [0.3, 0.4) is 0 Å². The third-order valence-corrected chi connectivity index (χ3v) is 5.93. The summed E-state index contributed by atoms with van der Waals surface area (Å²) in [5.74, 6) is 0.473. The Kier molecular flexibility index (Phi) is 4.29. The number of hydrogen-bond donors (Lipinski definition) is 0. The Morgan fingerprint density at radius 2 is 1.91 bits per heavy atom. The molecular weight excluding hydrogens is 300 g/mol. The number of allylic oxidation sites excluding steroid dienone is 1. The number of amides is 1. The van der Waals surface area contributed by atoms with Crippen molar-refractivity contribution in [3.05, 3.63) is 41.6 Å². The average molecular weight is 320 g/mol. The van der Waals surface area contributed by atoms with E-state index in [1.54, 1.807) is 18.5 Å². The molecule has 0 bridgehead atoms. The summed E-state index contributed by atoms with van der Waals surface area (Å²) in [6.45, 7) is 1.49. The molecule has 3 rings (SSSR count). The monoisotopic (exact) mass is 320 g/mol. The summed E-state index contributed by atoms with van der Waals surface area (Å²) in [6.07, 6.45) is 7.47. The third kappa shape index (κ3) is 3.55. The lowest BCUT2D eigenvalue weighted by Crippen LogP contribution is -2.38. The number of piperidine rings is 1. The van der Waals surface area contributed by atoms with Gasteiger partial charge >= 0.3 is 0 Å². The first kappa shape index (κ1) is 15.2. The predicted octanol–water partition coefficient (Wildman–Crippen LogP) is 1.74.